The van der Waals surface area contributed by atoms with Crippen LogP contribution >= 0.6 is 0 Å². The van der Waals surface area contributed by atoms with Crippen molar-refractivity contribution in [1.82, 2.24) is 5.32 Å². The summed E-state index contributed by atoms with van der Waals surface area (Å²) >= 11 is 0. The summed E-state index contributed by atoms with van der Waals surface area (Å²) < 4.78 is 10.6. The Morgan fingerprint density at radius 2 is 2.00 bits per heavy atom. The van der Waals surface area contributed by atoms with Crippen molar-refractivity contribution in [2.24, 2.45) is 5.73 Å². The molecule has 3 N–H and O–H groups in total. The van der Waals surface area contributed by atoms with Gasteiger partial charge in [-0.3, -0.25) is 0 Å². The van der Waals surface area contributed by atoms with Gasteiger partial charge in [-0.25, -0.2) is 0 Å². The molecule has 2 atom stereocenters. The lowest BCUT2D eigenvalue weighted by Crippen LogP contribution is -2.46. The molecule has 0 radical (unpaired) electrons. The van der Waals surface area contributed by atoms with Crippen LogP contribution in [0.5, 0.6) is 11.5 Å². The molecule has 0 saturated heterocycles. The van der Waals surface area contributed by atoms with Crippen LogP contribution in [0, 0.1) is 0 Å². The van der Waals surface area contributed by atoms with Crippen LogP contribution in [0.4, 0.5) is 0 Å². The third-order valence-electron chi connectivity index (χ3n) is 3.87. The molecule has 2 rings (SSSR count). The van der Waals surface area contributed by atoms with Crippen molar-refractivity contribution in [3.05, 3.63) is 23.8 Å². The minimum absolute atomic E-state index is 0.276. The molecule has 0 heterocycles. The first-order valence-corrected chi connectivity index (χ1v) is 6.94. The Labute approximate surface area is 115 Å². The molecular formula is C15H24N2O2. The summed E-state index contributed by atoms with van der Waals surface area (Å²) in [4.78, 5) is 0. The zero-order valence-electron chi connectivity index (χ0n) is 11.8. The lowest BCUT2D eigenvalue weighted by molar-refractivity contribution is 0.323. The van der Waals surface area contributed by atoms with Crippen LogP contribution < -0.4 is 20.5 Å². The monoisotopic (exact) mass is 264 g/mol. The third kappa shape index (κ3) is 3.61. The Hall–Kier alpha value is -1.26. The van der Waals surface area contributed by atoms with E-state index < -0.39 is 0 Å². The van der Waals surface area contributed by atoms with Gasteiger partial charge in [-0.1, -0.05) is 18.9 Å². The third-order valence-corrected chi connectivity index (χ3v) is 3.87. The number of methoxy groups -OCH3 is 2. The zero-order valence-corrected chi connectivity index (χ0v) is 11.8. The standard InChI is InChI=1S/C15H24N2O2/c1-18-12-8-7-11(15(9-12)19-2)10-17-14-6-4-3-5-13(14)16/h7-9,13-14,17H,3-6,10,16H2,1-2H3. The number of hydrogen-bond donors (Lipinski definition) is 2. The van der Waals surface area contributed by atoms with E-state index in [0.717, 1.165) is 30.0 Å². The Morgan fingerprint density at radius 1 is 1.21 bits per heavy atom. The summed E-state index contributed by atoms with van der Waals surface area (Å²) in [5.74, 6) is 1.67. The van der Waals surface area contributed by atoms with Gasteiger partial charge >= 0.3 is 0 Å². The van der Waals surface area contributed by atoms with E-state index in [2.05, 4.69) is 5.32 Å². The molecule has 0 amide bonds. The highest BCUT2D eigenvalue weighted by atomic mass is 16.5. The maximum absolute atomic E-state index is 6.15. The minimum atomic E-state index is 0.276. The molecule has 4 heteroatoms. The highest BCUT2D eigenvalue weighted by Gasteiger charge is 2.21. The smallest absolute Gasteiger partial charge is 0.127 e. The first-order chi connectivity index (χ1) is 9.24. The lowest BCUT2D eigenvalue weighted by Gasteiger charge is -2.29. The first-order valence-electron chi connectivity index (χ1n) is 6.94. The molecule has 1 saturated carbocycles. The van der Waals surface area contributed by atoms with Crippen molar-refractivity contribution >= 4 is 0 Å². The van der Waals surface area contributed by atoms with Gasteiger partial charge in [0.25, 0.3) is 0 Å². The molecule has 0 spiro atoms. The summed E-state index contributed by atoms with van der Waals surface area (Å²) in [6.45, 7) is 0.783. The van der Waals surface area contributed by atoms with Gasteiger partial charge in [0.05, 0.1) is 14.2 Å². The molecule has 0 aromatic heterocycles. The molecule has 1 fully saturated rings. The predicted molar refractivity (Wildman–Crippen MR) is 76.6 cm³/mol. The Bertz CT molecular complexity index is 409. The molecule has 0 bridgehead atoms. The van der Waals surface area contributed by atoms with Crippen LogP contribution in [-0.2, 0) is 6.54 Å². The van der Waals surface area contributed by atoms with E-state index >= 15 is 0 Å². The van der Waals surface area contributed by atoms with Gasteiger partial charge in [0, 0.05) is 30.3 Å². The minimum Gasteiger partial charge on any atom is -0.497 e. The predicted octanol–water partition coefficient (Wildman–Crippen LogP) is 2.06. The number of rotatable bonds is 5. The average Bonchev–Trinajstić information content (AvgIpc) is 2.46. The maximum atomic E-state index is 6.15. The first kappa shape index (κ1) is 14.2. The van der Waals surface area contributed by atoms with E-state index in [1.807, 2.05) is 18.2 Å². The number of nitrogens with one attached hydrogen (secondary N) is 1. The van der Waals surface area contributed by atoms with Gasteiger partial charge in [-0.05, 0) is 18.9 Å². The van der Waals surface area contributed by atoms with Crippen LogP contribution in [-0.4, -0.2) is 26.3 Å². The van der Waals surface area contributed by atoms with E-state index in [1.165, 1.54) is 19.3 Å². The summed E-state index contributed by atoms with van der Waals surface area (Å²) in [5.41, 5.74) is 7.29. The van der Waals surface area contributed by atoms with Gasteiger partial charge in [0.15, 0.2) is 0 Å². The maximum Gasteiger partial charge on any atom is 0.127 e. The molecular weight excluding hydrogens is 240 g/mol. The van der Waals surface area contributed by atoms with Crippen molar-refractivity contribution < 1.29 is 9.47 Å². The van der Waals surface area contributed by atoms with Gasteiger partial charge in [-0.15, -0.1) is 0 Å². The van der Waals surface area contributed by atoms with Crippen LogP contribution in [0.15, 0.2) is 18.2 Å². The van der Waals surface area contributed by atoms with Gasteiger partial charge in [0.1, 0.15) is 11.5 Å². The number of benzene rings is 1. The van der Waals surface area contributed by atoms with Crippen molar-refractivity contribution in [2.45, 2.75) is 44.3 Å². The van der Waals surface area contributed by atoms with Crippen molar-refractivity contribution in [3.63, 3.8) is 0 Å². The summed E-state index contributed by atoms with van der Waals surface area (Å²) in [5, 5.41) is 3.55. The summed E-state index contributed by atoms with van der Waals surface area (Å²) in [6.07, 6.45) is 4.81. The second-order valence-corrected chi connectivity index (χ2v) is 5.11. The second kappa shape index (κ2) is 6.78. The fraction of sp³-hybridized carbons (Fsp3) is 0.600. The van der Waals surface area contributed by atoms with Crippen molar-refractivity contribution in [2.75, 3.05) is 14.2 Å². The molecule has 19 heavy (non-hydrogen) atoms. The molecule has 1 aromatic carbocycles. The lowest BCUT2D eigenvalue weighted by atomic mass is 9.91. The highest BCUT2D eigenvalue weighted by molar-refractivity contribution is 5.40. The van der Waals surface area contributed by atoms with Crippen LogP contribution in [0.3, 0.4) is 0 Å². The van der Waals surface area contributed by atoms with E-state index in [-0.39, 0.29) is 6.04 Å². The van der Waals surface area contributed by atoms with Gasteiger partial charge < -0.3 is 20.5 Å². The van der Waals surface area contributed by atoms with Crippen molar-refractivity contribution in [1.29, 1.82) is 0 Å². The summed E-state index contributed by atoms with van der Waals surface area (Å²) in [7, 11) is 3.35. The second-order valence-electron chi connectivity index (χ2n) is 5.11. The van der Waals surface area contributed by atoms with E-state index in [1.54, 1.807) is 14.2 Å². The fourth-order valence-corrected chi connectivity index (χ4v) is 2.65. The van der Waals surface area contributed by atoms with Gasteiger partial charge in [-0.2, -0.15) is 0 Å². The molecule has 4 nitrogen and oxygen atoms in total. The van der Waals surface area contributed by atoms with E-state index in [4.69, 9.17) is 15.2 Å². The zero-order chi connectivity index (χ0) is 13.7. The molecule has 106 valence electrons. The molecule has 1 aliphatic carbocycles. The number of hydrogen-bond acceptors (Lipinski definition) is 4. The average molecular weight is 264 g/mol. The Kier molecular flexibility index (Phi) is 5.05. The molecule has 1 aromatic rings. The highest BCUT2D eigenvalue weighted by Crippen LogP contribution is 2.25. The normalized spacial score (nSPS) is 23.1. The molecule has 0 aliphatic heterocycles. The SMILES string of the molecule is COc1ccc(CNC2CCCCC2N)c(OC)c1. The van der Waals surface area contributed by atoms with E-state index in [0.29, 0.717) is 6.04 Å². The van der Waals surface area contributed by atoms with Crippen LogP contribution in [0.25, 0.3) is 0 Å². The Morgan fingerprint density at radius 3 is 2.68 bits per heavy atom. The summed E-state index contributed by atoms with van der Waals surface area (Å²) in [6, 6.07) is 6.61. The number of nitrogens with two attached hydrogens (primary N) is 1. The van der Waals surface area contributed by atoms with Crippen LogP contribution in [0.2, 0.25) is 0 Å². The number of ether oxygens (including phenoxy) is 2. The quantitative estimate of drug-likeness (QED) is 0.854. The largest absolute Gasteiger partial charge is 0.497 e. The molecule has 1 aliphatic rings. The van der Waals surface area contributed by atoms with E-state index in [9.17, 15) is 0 Å². The topological polar surface area (TPSA) is 56.5 Å². The Balaban J connectivity index is 1.98. The fourth-order valence-electron chi connectivity index (χ4n) is 2.65. The van der Waals surface area contributed by atoms with Crippen molar-refractivity contribution in [3.8, 4) is 11.5 Å². The van der Waals surface area contributed by atoms with Gasteiger partial charge in [0.2, 0.25) is 0 Å². The molecule has 2 unspecified atom stereocenters. The van der Waals surface area contributed by atoms with Crippen LogP contribution in [0.1, 0.15) is 31.2 Å².